The van der Waals surface area contributed by atoms with E-state index in [1.807, 2.05) is 13.8 Å². The molecule has 5 N–H and O–H groups in total. The highest BCUT2D eigenvalue weighted by atomic mass is 32.1. The molecule has 0 radical (unpaired) electrons. The summed E-state index contributed by atoms with van der Waals surface area (Å²) in [4.78, 5) is 49.8. The van der Waals surface area contributed by atoms with E-state index < -0.39 is 47.9 Å². The molecular formula is C17H30N4O5S. The molecule has 0 aromatic carbocycles. The van der Waals surface area contributed by atoms with Crippen molar-refractivity contribution >= 4 is 36.3 Å². The molecule has 1 aliphatic rings. The van der Waals surface area contributed by atoms with Crippen LogP contribution in [0.3, 0.4) is 0 Å². The number of carbonyl (C=O) groups excluding carboxylic acids is 3. The summed E-state index contributed by atoms with van der Waals surface area (Å²) in [7, 11) is 0. The number of thiol groups is 1. The lowest BCUT2D eigenvalue weighted by molar-refractivity contribution is -0.145. The maximum atomic E-state index is 12.7. The number of hydrogen-bond acceptors (Lipinski definition) is 6. The number of nitrogens with zero attached hydrogens (tertiary/aromatic N) is 1. The average Bonchev–Trinajstić information content (AvgIpc) is 3.08. The second-order valence-corrected chi connectivity index (χ2v) is 7.60. The molecular weight excluding hydrogens is 372 g/mol. The number of carbonyl (C=O) groups is 4. The summed E-state index contributed by atoms with van der Waals surface area (Å²) in [5.41, 5.74) is 5.58. The van der Waals surface area contributed by atoms with Crippen molar-refractivity contribution in [3.05, 3.63) is 0 Å². The van der Waals surface area contributed by atoms with E-state index in [2.05, 4.69) is 23.3 Å². The van der Waals surface area contributed by atoms with Gasteiger partial charge in [-0.25, -0.2) is 4.79 Å². The molecule has 3 amide bonds. The largest absolute Gasteiger partial charge is 0.480 e. The van der Waals surface area contributed by atoms with Crippen LogP contribution < -0.4 is 16.4 Å². The first-order valence-electron chi connectivity index (χ1n) is 9.08. The van der Waals surface area contributed by atoms with Gasteiger partial charge in [-0.15, -0.1) is 0 Å². The molecule has 0 aliphatic carbocycles. The van der Waals surface area contributed by atoms with Gasteiger partial charge < -0.3 is 26.4 Å². The zero-order valence-electron chi connectivity index (χ0n) is 16.0. The minimum Gasteiger partial charge on any atom is -0.480 e. The zero-order chi connectivity index (χ0) is 20.7. The summed E-state index contributed by atoms with van der Waals surface area (Å²) in [6, 6.07) is -3.42. The molecule has 1 rings (SSSR count). The van der Waals surface area contributed by atoms with Gasteiger partial charge in [0.25, 0.3) is 0 Å². The lowest BCUT2D eigenvalue weighted by Crippen LogP contribution is -2.56. The van der Waals surface area contributed by atoms with Crippen LogP contribution in [0.25, 0.3) is 0 Å². The molecule has 4 atom stereocenters. The Balaban J connectivity index is 2.75. The predicted molar refractivity (Wildman–Crippen MR) is 103 cm³/mol. The first-order valence-corrected chi connectivity index (χ1v) is 9.72. The van der Waals surface area contributed by atoms with E-state index in [4.69, 9.17) is 5.73 Å². The van der Waals surface area contributed by atoms with Gasteiger partial charge >= 0.3 is 5.97 Å². The lowest BCUT2D eigenvalue weighted by Gasteiger charge is -2.28. The summed E-state index contributed by atoms with van der Waals surface area (Å²) < 4.78 is 0. The molecule has 27 heavy (non-hydrogen) atoms. The van der Waals surface area contributed by atoms with E-state index in [0.29, 0.717) is 25.8 Å². The minimum absolute atomic E-state index is 0.0963. The Hall–Kier alpha value is -1.81. The van der Waals surface area contributed by atoms with Gasteiger partial charge in [0.05, 0.1) is 6.04 Å². The highest BCUT2D eigenvalue weighted by molar-refractivity contribution is 7.80. The Bertz CT molecular complexity index is 572. The van der Waals surface area contributed by atoms with Crippen LogP contribution >= 0.6 is 12.6 Å². The van der Waals surface area contributed by atoms with Crippen molar-refractivity contribution in [3.63, 3.8) is 0 Å². The van der Waals surface area contributed by atoms with E-state index in [-0.39, 0.29) is 11.7 Å². The van der Waals surface area contributed by atoms with E-state index >= 15 is 0 Å². The molecule has 0 spiro atoms. The number of hydrogen-bond donors (Lipinski definition) is 5. The Morgan fingerprint density at radius 1 is 1.22 bits per heavy atom. The molecule has 1 heterocycles. The molecule has 9 nitrogen and oxygen atoms in total. The summed E-state index contributed by atoms with van der Waals surface area (Å²) >= 11 is 3.95. The fourth-order valence-corrected chi connectivity index (χ4v) is 3.14. The van der Waals surface area contributed by atoms with Gasteiger partial charge in [-0.1, -0.05) is 13.8 Å². The van der Waals surface area contributed by atoms with Crippen LogP contribution in [0.5, 0.6) is 0 Å². The standard InChI is InChI=1S/C17H30N4O5S/c1-9(2)7-12(17(25)26)20-15(23)13-5-4-6-21(13)16(24)10(3)19-14(22)11(18)8-27/h9-13,27H,4-8,18H2,1-3H3,(H,19,22)(H,20,23)(H,25,26). The molecule has 0 saturated carbocycles. The van der Waals surface area contributed by atoms with E-state index in [9.17, 15) is 24.3 Å². The smallest absolute Gasteiger partial charge is 0.326 e. The van der Waals surface area contributed by atoms with Crippen LogP contribution in [0, 0.1) is 5.92 Å². The van der Waals surface area contributed by atoms with Crippen LogP contribution in [0.1, 0.15) is 40.0 Å². The number of nitrogens with one attached hydrogen (secondary N) is 2. The normalized spacial score (nSPS) is 20.1. The Morgan fingerprint density at radius 2 is 1.85 bits per heavy atom. The van der Waals surface area contributed by atoms with E-state index in [1.165, 1.54) is 11.8 Å². The van der Waals surface area contributed by atoms with Gasteiger partial charge in [-0.2, -0.15) is 12.6 Å². The van der Waals surface area contributed by atoms with Crippen molar-refractivity contribution in [1.29, 1.82) is 0 Å². The second-order valence-electron chi connectivity index (χ2n) is 7.24. The third-order valence-electron chi connectivity index (χ3n) is 4.42. The number of nitrogens with two attached hydrogens (primary N) is 1. The SMILES string of the molecule is CC(C)CC(NC(=O)C1CCCN1C(=O)C(C)NC(=O)C(N)CS)C(=O)O. The predicted octanol–water partition coefficient (Wildman–Crippen LogP) is -0.645. The van der Waals surface area contributed by atoms with Crippen molar-refractivity contribution in [3.8, 4) is 0 Å². The fraction of sp³-hybridized carbons (Fsp3) is 0.765. The highest BCUT2D eigenvalue weighted by Gasteiger charge is 2.37. The number of carboxylic acid groups (broad SMARTS) is 1. The van der Waals surface area contributed by atoms with Crippen LogP contribution in [0.15, 0.2) is 0 Å². The van der Waals surface area contributed by atoms with Crippen LogP contribution in [-0.4, -0.2) is 70.2 Å². The van der Waals surface area contributed by atoms with Gasteiger partial charge in [0, 0.05) is 12.3 Å². The van der Waals surface area contributed by atoms with Crippen molar-refractivity contribution < 1.29 is 24.3 Å². The number of rotatable bonds is 9. The summed E-state index contributed by atoms with van der Waals surface area (Å²) in [5, 5.41) is 14.3. The fourth-order valence-electron chi connectivity index (χ4n) is 2.98. The molecule has 1 saturated heterocycles. The zero-order valence-corrected chi connectivity index (χ0v) is 16.9. The van der Waals surface area contributed by atoms with Crippen LogP contribution in [-0.2, 0) is 19.2 Å². The maximum absolute atomic E-state index is 12.7. The topological polar surface area (TPSA) is 142 Å². The lowest BCUT2D eigenvalue weighted by atomic mass is 10.0. The van der Waals surface area contributed by atoms with Crippen molar-refractivity contribution in [1.82, 2.24) is 15.5 Å². The first-order chi connectivity index (χ1) is 12.6. The first kappa shape index (κ1) is 23.2. The quantitative estimate of drug-likeness (QED) is 0.325. The molecule has 10 heteroatoms. The monoisotopic (exact) mass is 402 g/mol. The van der Waals surface area contributed by atoms with E-state index in [0.717, 1.165) is 0 Å². The molecule has 154 valence electrons. The number of amides is 3. The van der Waals surface area contributed by atoms with E-state index in [1.54, 1.807) is 0 Å². The molecule has 4 unspecified atom stereocenters. The molecule has 1 aliphatic heterocycles. The molecule has 0 aromatic heterocycles. The van der Waals surface area contributed by atoms with Gasteiger partial charge in [0.1, 0.15) is 18.1 Å². The summed E-state index contributed by atoms with van der Waals surface area (Å²) in [5.74, 6) is -2.24. The summed E-state index contributed by atoms with van der Waals surface area (Å²) in [6.45, 7) is 5.63. The molecule has 0 bridgehead atoms. The third-order valence-corrected chi connectivity index (χ3v) is 4.82. The van der Waals surface area contributed by atoms with Gasteiger partial charge in [-0.05, 0) is 32.1 Å². The number of carboxylic acids is 1. The number of likely N-dealkylation sites (tertiary alicyclic amines) is 1. The van der Waals surface area contributed by atoms with Crippen LogP contribution in [0.2, 0.25) is 0 Å². The minimum atomic E-state index is -1.10. The van der Waals surface area contributed by atoms with Gasteiger partial charge in [-0.3, -0.25) is 14.4 Å². The highest BCUT2D eigenvalue weighted by Crippen LogP contribution is 2.19. The second kappa shape index (κ2) is 10.5. The summed E-state index contributed by atoms with van der Waals surface area (Å²) in [6.07, 6.45) is 1.38. The van der Waals surface area contributed by atoms with Gasteiger partial charge in [0.2, 0.25) is 17.7 Å². The maximum Gasteiger partial charge on any atom is 0.326 e. The third kappa shape index (κ3) is 6.69. The van der Waals surface area contributed by atoms with Gasteiger partial charge in [0.15, 0.2) is 0 Å². The van der Waals surface area contributed by atoms with Crippen LogP contribution in [0.4, 0.5) is 0 Å². The molecule has 0 aromatic rings. The molecule has 1 fully saturated rings. The Labute approximate surface area is 164 Å². The van der Waals surface area contributed by atoms with Crippen molar-refractivity contribution in [2.75, 3.05) is 12.3 Å². The Morgan fingerprint density at radius 3 is 2.37 bits per heavy atom. The number of aliphatic carboxylic acids is 1. The van der Waals surface area contributed by atoms with Crippen molar-refractivity contribution in [2.24, 2.45) is 11.7 Å². The Kier molecular flexibility index (Phi) is 9.04. The van der Waals surface area contributed by atoms with Crippen molar-refractivity contribution in [2.45, 2.75) is 64.2 Å². The average molecular weight is 403 g/mol.